The minimum absolute atomic E-state index is 0. The molecule has 3 fully saturated rings. The van der Waals surface area contributed by atoms with Crippen molar-refractivity contribution in [1.82, 2.24) is 9.80 Å². The molecule has 123 heavy (non-hydrogen) atoms. The van der Waals surface area contributed by atoms with Gasteiger partial charge in [-0.1, -0.05) is 326 Å². The molecule has 2 heterocycles. The molecule has 2 aliphatic carbocycles. The number of carboxylic acids is 5. The summed E-state index contributed by atoms with van der Waals surface area (Å²) in [6.07, 6.45) is 25.9. The molecular weight excluding hydrogens is 1680 g/mol. The molecule has 2 aromatic rings. The van der Waals surface area contributed by atoms with Crippen molar-refractivity contribution in [1.29, 1.82) is 0 Å². The van der Waals surface area contributed by atoms with E-state index in [4.69, 9.17) is 19.7 Å². The number of rotatable bonds is 38. The van der Waals surface area contributed by atoms with Crippen molar-refractivity contribution in [3.63, 3.8) is 0 Å². The first kappa shape index (κ1) is 137. The van der Waals surface area contributed by atoms with Gasteiger partial charge in [-0.25, -0.2) is 19.4 Å². The first-order valence-electron chi connectivity index (χ1n) is 42.3. The van der Waals surface area contributed by atoms with E-state index < -0.39 is 42.0 Å². The molecule has 2 saturated heterocycles. The van der Waals surface area contributed by atoms with E-state index in [1.54, 1.807) is 18.2 Å². The summed E-state index contributed by atoms with van der Waals surface area (Å²) in [5.41, 5.74) is 1.98. The van der Waals surface area contributed by atoms with Gasteiger partial charge in [0.05, 0.1) is 47.0 Å². The molecule has 0 unspecified atom stereocenters. The molecule has 9 atom stereocenters. The lowest BCUT2D eigenvalue weighted by Crippen LogP contribution is -2.43. The van der Waals surface area contributed by atoms with Gasteiger partial charge in [0.15, 0.2) is 0 Å². The number of hydrogen-bond acceptors (Lipinski definition) is 12. The van der Waals surface area contributed by atoms with E-state index in [2.05, 4.69) is 161 Å². The van der Waals surface area contributed by atoms with Gasteiger partial charge >= 0.3 is 42.0 Å². The van der Waals surface area contributed by atoms with Crippen LogP contribution in [0.25, 0.3) is 0 Å². The van der Waals surface area contributed by atoms with Crippen LogP contribution in [0.15, 0.2) is 111 Å². The number of imide groups is 2. The number of carboxylic acid groups (broad SMARTS) is 5. The fourth-order valence-corrected chi connectivity index (χ4v) is 14.9. The summed E-state index contributed by atoms with van der Waals surface area (Å²) in [4.78, 5) is 116. The van der Waals surface area contributed by atoms with E-state index in [0.717, 1.165) is 94.6 Å². The van der Waals surface area contributed by atoms with Crippen LogP contribution >= 0.6 is 31.9 Å². The number of ketones is 1. The Morgan fingerprint density at radius 2 is 0.862 bits per heavy atom. The summed E-state index contributed by atoms with van der Waals surface area (Å²) < 4.78 is 10.2. The van der Waals surface area contributed by atoms with Gasteiger partial charge < -0.3 is 35.0 Å². The maximum Gasteiger partial charge on any atom is 0.416 e. The van der Waals surface area contributed by atoms with Crippen molar-refractivity contribution in [2.75, 3.05) is 24.4 Å². The molecule has 2 aliphatic heterocycles. The number of Topliss-reactive ketones (excluding diaryl/α,β-unsaturated/α-hetero) is 1. The molecule has 0 bridgehead atoms. The highest BCUT2D eigenvalue weighted by atomic mass is 79.9. The molecule has 718 valence electrons. The summed E-state index contributed by atoms with van der Waals surface area (Å²) in [6.45, 7) is 54.4. The van der Waals surface area contributed by atoms with Crippen molar-refractivity contribution in [3.05, 3.63) is 122 Å². The molecule has 5 N–H and O–H groups in total. The third-order valence-electron chi connectivity index (χ3n) is 21.5. The van der Waals surface area contributed by atoms with Gasteiger partial charge in [0.2, 0.25) is 11.8 Å². The number of carbonyl (C=O) groups is 10. The van der Waals surface area contributed by atoms with Crippen LogP contribution in [0.1, 0.15) is 331 Å². The molecule has 21 heteroatoms. The predicted octanol–water partition coefficient (Wildman–Crippen LogP) is 28.5. The summed E-state index contributed by atoms with van der Waals surface area (Å²) in [6, 6.07) is 19.4. The number of cyclic esters (lactones) is 2. The largest absolute Gasteiger partial charge is 0.481 e. The third kappa shape index (κ3) is 56.9. The number of aliphatic carboxylic acids is 5. The molecule has 6 rings (SSSR count). The van der Waals surface area contributed by atoms with Gasteiger partial charge in [0.25, 0.3) is 0 Å². The maximum absolute atomic E-state index is 12.7. The van der Waals surface area contributed by atoms with Gasteiger partial charge in [-0.3, -0.25) is 38.4 Å². The Balaban J connectivity index is -0.000000150. The highest BCUT2D eigenvalue weighted by Crippen LogP contribution is 2.47. The number of carbonyl (C=O) groups excluding carboxylic acids is 5. The van der Waals surface area contributed by atoms with Crippen LogP contribution in [0.4, 0.5) is 9.59 Å². The average molecular weight is 1870 g/mol. The predicted molar refractivity (Wildman–Crippen MR) is 526 cm³/mol. The minimum atomic E-state index is -0.708. The van der Waals surface area contributed by atoms with Crippen LogP contribution in [-0.2, 0) is 60.7 Å². The molecule has 1 saturated carbocycles. The number of halogens is 2. The molecule has 0 radical (unpaired) electrons. The fraction of sp³-hybridized carbons (Fsp3) is 0.706. The van der Waals surface area contributed by atoms with E-state index in [1.165, 1.54) is 29.6 Å². The second kappa shape index (κ2) is 74.4. The lowest BCUT2D eigenvalue weighted by atomic mass is 9.69. The van der Waals surface area contributed by atoms with Crippen LogP contribution in [0.3, 0.4) is 0 Å². The molecule has 4 aliphatic rings. The lowest BCUT2D eigenvalue weighted by molar-refractivity contribution is -0.148. The maximum atomic E-state index is 12.7. The second-order valence-electron chi connectivity index (χ2n) is 35.6. The number of alkyl halides is 2. The number of allylic oxidation sites excluding steroid dienone is 5. The monoisotopic (exact) mass is 1870 g/mol. The summed E-state index contributed by atoms with van der Waals surface area (Å²) in [5.74, 6) is 0.688. The smallest absolute Gasteiger partial charge is 0.416 e. The van der Waals surface area contributed by atoms with Gasteiger partial charge in [-0.05, 0) is 203 Å². The highest BCUT2D eigenvalue weighted by molar-refractivity contribution is 9.09. The summed E-state index contributed by atoms with van der Waals surface area (Å²) in [7, 11) is 0. The topological polar surface area (TPSA) is 297 Å². The van der Waals surface area contributed by atoms with Gasteiger partial charge in [0, 0.05) is 12.3 Å². The van der Waals surface area contributed by atoms with Crippen LogP contribution in [0.2, 0.25) is 0 Å². The Hall–Kier alpha value is -6.74. The Bertz CT molecular complexity index is 3150. The zero-order chi connectivity index (χ0) is 89.8. The van der Waals surface area contributed by atoms with E-state index in [9.17, 15) is 63.3 Å². The number of amides is 4. The van der Waals surface area contributed by atoms with E-state index in [-0.39, 0.29) is 146 Å². The normalized spacial score (nSPS) is 16.3. The van der Waals surface area contributed by atoms with Crippen molar-refractivity contribution < 1.29 is 83.0 Å². The van der Waals surface area contributed by atoms with Crippen molar-refractivity contribution in [3.8, 4) is 0 Å². The van der Waals surface area contributed by atoms with E-state index >= 15 is 0 Å². The van der Waals surface area contributed by atoms with Crippen LogP contribution < -0.4 is 0 Å². The van der Waals surface area contributed by atoms with Crippen molar-refractivity contribution in [2.24, 2.45) is 99.1 Å². The van der Waals surface area contributed by atoms with E-state index in [0.29, 0.717) is 91.9 Å². The third-order valence-corrected chi connectivity index (χ3v) is 22.3. The van der Waals surface area contributed by atoms with Gasteiger partial charge in [-0.15, -0.1) is 19.7 Å². The first-order chi connectivity index (χ1) is 54.2. The molecule has 19 nitrogen and oxygen atoms in total. The molecule has 0 aromatic heterocycles. The van der Waals surface area contributed by atoms with E-state index in [1.807, 2.05) is 108 Å². The fourth-order valence-electron chi connectivity index (χ4n) is 14.9. The van der Waals surface area contributed by atoms with Crippen LogP contribution in [-0.4, -0.2) is 131 Å². The first-order valence-corrected chi connectivity index (χ1v) is 45.0. The standard InChI is InChI=1S/C18H25NO3.C16H21NO3.C14H24O2.C12H22O2.C12H20O2.C11H20O2.C8H16O2.C3H5BrO.CH3Br.7CH4/c1-4-15(10-13(2)3)17(20)19-16(12-22-18(19)21)11-14-8-6-5-7-9-14;1-12(2)8-9-15(18)17-14(11-20-16(17)19)10-13-6-4-3-5-7-13;1-6-8-14(5,9-7-2)12(13(15)16)10-11(3)4;2*1-9(2)8-10(11(13)14)12(3)6-4-5-7-12;1-5-6-9(4)10(11(12)13)7-8(2)3;1-4-7(8(9)10)5-6(2)3;1-3(5)2-4;1-2;;;;;;;/h5-9,13,15-16H,4,10-12H2,1-3H3;3-7,12,14H,8-11H2,1-2H3;6-7,11-12H,1-2,8-10H2,3-5H3,(H,15,16);9-10H,4-8H2,1-3H3,(H,13,14);4-5,9-10H,6-8H2,1-3H3,(H,13,14);5,8-10H,1,6-7H2,2-4H3,(H,12,13);6-7H,4-5H2,1-3H3,(H,9,10);2H2,1H3;1H3;7*1H4/t15-,16-;14-;12-;2*10-;9-,10-;7-;;;;;;;;;/m0000010........./s1. The number of ether oxygens (including phenoxy) is 2. The molecule has 0 spiro atoms. The second-order valence-corrected chi connectivity index (χ2v) is 36.1. The van der Waals surface area contributed by atoms with Crippen LogP contribution in [0.5, 0.6) is 0 Å². The summed E-state index contributed by atoms with van der Waals surface area (Å²) >= 11 is 5.90. The molecular formula is C102H184Br2N2O17. The van der Waals surface area contributed by atoms with Gasteiger partial charge in [0.1, 0.15) is 19.0 Å². The lowest BCUT2D eigenvalue weighted by Gasteiger charge is -2.34. The quantitative estimate of drug-likeness (QED) is 0.0308. The molecule has 4 amide bonds. The van der Waals surface area contributed by atoms with Crippen molar-refractivity contribution >= 4 is 91.5 Å². The number of benzene rings is 2. The summed E-state index contributed by atoms with van der Waals surface area (Å²) in [5, 5.41) is 45.9. The Morgan fingerprint density at radius 3 is 1.16 bits per heavy atom. The van der Waals surface area contributed by atoms with Crippen molar-refractivity contribution in [2.45, 2.75) is 344 Å². The number of nitrogens with zero attached hydrogens (tertiary/aromatic N) is 2. The number of hydrogen-bond donors (Lipinski definition) is 5. The minimum Gasteiger partial charge on any atom is -0.481 e. The zero-order valence-corrected chi connectivity index (χ0v) is 78.4. The Kier molecular flexibility index (Phi) is 82.7. The highest BCUT2D eigenvalue weighted by Gasteiger charge is 2.44. The Morgan fingerprint density at radius 1 is 0.504 bits per heavy atom. The zero-order valence-electron chi connectivity index (χ0n) is 75.3. The average Bonchev–Trinajstić information content (AvgIpc) is 1.76. The Labute approximate surface area is 769 Å². The molecule has 2 aromatic carbocycles. The van der Waals surface area contributed by atoms with Crippen LogP contribution in [0, 0.1) is 99.1 Å². The van der Waals surface area contributed by atoms with Gasteiger partial charge in [-0.2, -0.15) is 0 Å². The SMILES string of the molecule is C.C.C.C.C.C.C.C=CCC(C)(CC=C)[C@@H](CC(C)C)C(=O)O.C=CC[C@@H](C)[C@@H](CC(C)C)C(=O)O.CBr.CC(=O)CBr.CC(C)CCC(=O)N1C(=O)OC[C@@H]1Cc1ccccc1.CC(C)C[C@@H](C(=O)O)C1(C)CC=CC1.CC(C)C[C@@H](C(=O)O)C1(C)CCCC1.CC[C@@H](CC(C)C)C(=O)N1C(=O)OC[C@@H]1Cc1ccccc1.CC[C@@H](CC(C)C)C(=O)O.